The van der Waals surface area contributed by atoms with E-state index in [2.05, 4.69) is 4.98 Å². The molecule has 0 saturated heterocycles. The number of rotatable bonds is 2. The predicted octanol–water partition coefficient (Wildman–Crippen LogP) is 4.80. The molecule has 182 valence electrons. The van der Waals surface area contributed by atoms with Crippen molar-refractivity contribution in [1.82, 2.24) is 4.98 Å². The van der Waals surface area contributed by atoms with Gasteiger partial charge >= 0.3 is 5.97 Å². The molecule has 1 unspecified atom stereocenters. The van der Waals surface area contributed by atoms with E-state index < -0.39 is 29.7 Å². The van der Waals surface area contributed by atoms with Gasteiger partial charge in [0, 0.05) is 23.6 Å². The summed E-state index contributed by atoms with van der Waals surface area (Å²) in [6.45, 7) is 10.9. The number of aliphatic hydroxyl groups is 2. The van der Waals surface area contributed by atoms with Gasteiger partial charge in [0.15, 0.2) is 0 Å². The lowest BCUT2D eigenvalue weighted by atomic mass is 9.77. The lowest BCUT2D eigenvalue weighted by molar-refractivity contribution is -0.153. The number of carbonyl (C=O) groups excluding carboxylic acids is 2. The molecule has 1 aromatic heterocycles. The van der Waals surface area contributed by atoms with Crippen LogP contribution in [0.4, 0.5) is 0 Å². The summed E-state index contributed by atoms with van der Waals surface area (Å²) in [6.07, 6.45) is 6.08. The van der Waals surface area contributed by atoms with E-state index in [0.29, 0.717) is 12.8 Å². The smallest absolute Gasteiger partial charge is 0.309 e. The van der Waals surface area contributed by atoms with Crippen LogP contribution < -0.4 is 0 Å². The quantitative estimate of drug-likeness (QED) is 0.597. The summed E-state index contributed by atoms with van der Waals surface area (Å²) < 4.78 is 5.76. The van der Waals surface area contributed by atoms with Crippen LogP contribution in [0.5, 0.6) is 0 Å². The van der Waals surface area contributed by atoms with E-state index >= 15 is 0 Å². The van der Waals surface area contributed by atoms with Gasteiger partial charge in [0.25, 0.3) is 0 Å². The van der Waals surface area contributed by atoms with E-state index in [9.17, 15) is 19.8 Å². The van der Waals surface area contributed by atoms with E-state index in [0.717, 1.165) is 21.8 Å². The van der Waals surface area contributed by atoms with Crippen molar-refractivity contribution in [3.05, 3.63) is 45.5 Å². The first-order chi connectivity index (χ1) is 15.4. The van der Waals surface area contributed by atoms with Crippen LogP contribution in [-0.2, 0) is 14.3 Å². The molecular weight excluding hydrogens is 438 g/mol. The first kappa shape index (κ1) is 27.2. The van der Waals surface area contributed by atoms with Crippen LogP contribution in [0.2, 0.25) is 0 Å². The number of allylic oxidation sites excluding steroid dienone is 3. The van der Waals surface area contributed by atoms with Crippen molar-refractivity contribution in [2.45, 2.75) is 85.5 Å². The molecule has 0 radical (unpaired) electrons. The summed E-state index contributed by atoms with van der Waals surface area (Å²) in [7, 11) is 0. The average molecular weight is 476 g/mol. The number of ether oxygens (including phenoxy) is 1. The van der Waals surface area contributed by atoms with E-state index in [1.807, 2.05) is 57.4 Å². The Balaban J connectivity index is 2.34. The highest BCUT2D eigenvalue weighted by Crippen LogP contribution is 2.29. The third kappa shape index (κ3) is 8.02. The van der Waals surface area contributed by atoms with E-state index in [1.165, 1.54) is 0 Å². The van der Waals surface area contributed by atoms with Gasteiger partial charge in [0.1, 0.15) is 11.9 Å². The Bertz CT molecular complexity index is 927. The summed E-state index contributed by atoms with van der Waals surface area (Å²) in [5, 5.41) is 24.1. The van der Waals surface area contributed by atoms with Crippen LogP contribution in [0.25, 0.3) is 6.08 Å². The topological polar surface area (TPSA) is 96.7 Å². The molecule has 0 aromatic carbocycles. The Morgan fingerprint density at radius 3 is 2.55 bits per heavy atom. The van der Waals surface area contributed by atoms with Crippen LogP contribution in [0.15, 0.2) is 34.8 Å². The van der Waals surface area contributed by atoms with Crippen LogP contribution in [0, 0.1) is 18.3 Å². The molecule has 0 bridgehead atoms. The number of nitrogens with zero attached hydrogens (tertiary/aromatic N) is 1. The maximum atomic E-state index is 12.8. The van der Waals surface area contributed by atoms with Crippen LogP contribution in [0.3, 0.4) is 0 Å². The number of aromatic nitrogens is 1. The van der Waals surface area contributed by atoms with E-state index in [4.69, 9.17) is 4.74 Å². The third-order valence-corrected chi connectivity index (χ3v) is 7.09. The molecule has 0 spiro atoms. The van der Waals surface area contributed by atoms with E-state index in [1.54, 1.807) is 25.2 Å². The predicted molar refractivity (Wildman–Crippen MR) is 132 cm³/mol. The van der Waals surface area contributed by atoms with Crippen LogP contribution in [0.1, 0.15) is 71.0 Å². The zero-order valence-electron chi connectivity index (χ0n) is 20.5. The van der Waals surface area contributed by atoms with Gasteiger partial charge in [-0.05, 0) is 44.8 Å². The molecule has 0 fully saturated rings. The van der Waals surface area contributed by atoms with Crippen molar-refractivity contribution >= 4 is 29.2 Å². The number of aliphatic hydroxyl groups excluding tert-OH is 2. The standard InChI is InChI=1S/C26H37NO5S/c1-16-8-7-9-17(2)21(28)13-23(29)26(5,6)24(30)14-25(31)32-22(11-10-16)18(3)12-20-15-33-19(4)27-20/h7-8,10,12,15,17,21-22,24,28,30H,9,11,13-14H2,1-6H3/b8-7?,16-10?,18-12+/t17-,21+,22?,24-/m0/s1. The minimum atomic E-state index is -1.21. The van der Waals surface area contributed by atoms with Crippen LogP contribution >= 0.6 is 11.3 Å². The Morgan fingerprint density at radius 1 is 1.21 bits per heavy atom. The van der Waals surface area contributed by atoms with Gasteiger partial charge in [0.2, 0.25) is 0 Å². The normalized spacial score (nSPS) is 28.4. The number of ketones is 1. The van der Waals surface area contributed by atoms with Gasteiger partial charge in [-0.2, -0.15) is 0 Å². The first-order valence-electron chi connectivity index (χ1n) is 11.4. The Labute approximate surface area is 201 Å². The number of Topliss-reactive ketones (excluding diaryl/α,β-unsaturated/α-hetero) is 1. The second kappa shape index (κ2) is 11.9. The molecule has 1 aromatic rings. The average Bonchev–Trinajstić information content (AvgIpc) is 3.14. The van der Waals surface area contributed by atoms with Gasteiger partial charge in [-0.3, -0.25) is 9.59 Å². The largest absolute Gasteiger partial charge is 0.457 e. The highest BCUT2D eigenvalue weighted by atomic mass is 32.1. The number of esters is 1. The van der Waals surface area contributed by atoms with Gasteiger partial charge < -0.3 is 14.9 Å². The zero-order chi connectivity index (χ0) is 24.8. The molecule has 2 rings (SSSR count). The molecule has 2 heterocycles. The lowest BCUT2D eigenvalue weighted by Crippen LogP contribution is -2.41. The number of thiazole rings is 1. The summed E-state index contributed by atoms with van der Waals surface area (Å²) in [6, 6.07) is 0. The lowest BCUT2D eigenvalue weighted by Gasteiger charge is -2.31. The Hall–Kier alpha value is -2.09. The van der Waals surface area contributed by atoms with Crippen molar-refractivity contribution in [3.63, 3.8) is 0 Å². The van der Waals surface area contributed by atoms with Gasteiger partial charge in [-0.1, -0.05) is 44.6 Å². The monoisotopic (exact) mass is 475 g/mol. The first-order valence-corrected chi connectivity index (χ1v) is 12.3. The third-order valence-electron chi connectivity index (χ3n) is 6.30. The fourth-order valence-electron chi connectivity index (χ4n) is 3.55. The van der Waals surface area contributed by atoms with Crippen molar-refractivity contribution in [3.8, 4) is 0 Å². The summed E-state index contributed by atoms with van der Waals surface area (Å²) in [4.78, 5) is 30.0. The maximum Gasteiger partial charge on any atom is 0.309 e. The summed E-state index contributed by atoms with van der Waals surface area (Å²) in [5.41, 5.74) is 1.50. The maximum absolute atomic E-state index is 12.8. The Morgan fingerprint density at radius 2 is 1.91 bits per heavy atom. The Kier molecular flexibility index (Phi) is 9.76. The molecule has 0 aliphatic carbocycles. The molecule has 1 aliphatic rings. The van der Waals surface area contributed by atoms with Gasteiger partial charge in [-0.25, -0.2) is 4.98 Å². The fraction of sp³-hybridized carbons (Fsp3) is 0.577. The van der Waals surface area contributed by atoms with Crippen molar-refractivity contribution in [1.29, 1.82) is 0 Å². The minimum absolute atomic E-state index is 0.0690. The minimum Gasteiger partial charge on any atom is -0.457 e. The molecule has 2 N–H and O–H groups in total. The number of hydrogen-bond acceptors (Lipinski definition) is 7. The zero-order valence-corrected chi connectivity index (χ0v) is 21.3. The van der Waals surface area contributed by atoms with Crippen molar-refractivity contribution < 1.29 is 24.5 Å². The van der Waals surface area contributed by atoms with Crippen molar-refractivity contribution in [2.75, 3.05) is 0 Å². The molecule has 0 saturated carbocycles. The SMILES string of the molecule is CC1=CCC(/C(C)=C/c2csc(C)n2)OC(=O)C[C@H](O)C(C)(C)C(=O)C[C@@H](O)[C@@H](C)CC=C1. The highest BCUT2D eigenvalue weighted by molar-refractivity contribution is 7.09. The second-order valence-electron chi connectivity index (χ2n) is 9.59. The van der Waals surface area contributed by atoms with E-state index in [-0.39, 0.29) is 24.5 Å². The highest BCUT2D eigenvalue weighted by Gasteiger charge is 2.38. The molecule has 33 heavy (non-hydrogen) atoms. The molecular formula is C26H37NO5S. The summed E-state index contributed by atoms with van der Waals surface area (Å²) >= 11 is 1.55. The van der Waals surface area contributed by atoms with Gasteiger partial charge in [-0.15, -0.1) is 11.3 Å². The summed E-state index contributed by atoms with van der Waals surface area (Å²) in [5.74, 6) is -0.956. The number of aryl methyl sites for hydroxylation is 1. The number of hydrogen-bond donors (Lipinski definition) is 2. The second-order valence-corrected chi connectivity index (χ2v) is 10.7. The molecule has 7 heteroatoms. The number of carbonyl (C=O) groups is 2. The molecule has 0 amide bonds. The van der Waals surface area contributed by atoms with Crippen molar-refractivity contribution in [2.24, 2.45) is 11.3 Å². The number of cyclic esters (lactones) is 1. The fourth-order valence-corrected chi connectivity index (χ4v) is 4.12. The van der Waals surface area contributed by atoms with Gasteiger partial charge in [0.05, 0.1) is 29.3 Å². The molecule has 1 aliphatic heterocycles. The van der Waals surface area contributed by atoms with Crippen LogP contribution in [-0.4, -0.2) is 45.3 Å². The molecule has 4 atom stereocenters. The molecule has 6 nitrogen and oxygen atoms in total.